The van der Waals surface area contributed by atoms with Gasteiger partial charge in [-0.05, 0) is 37.1 Å². The van der Waals surface area contributed by atoms with Gasteiger partial charge in [-0.1, -0.05) is 12.1 Å². The lowest BCUT2D eigenvalue weighted by molar-refractivity contribution is -0.384. The summed E-state index contributed by atoms with van der Waals surface area (Å²) in [5.41, 5.74) is 0.981. The Morgan fingerprint density at radius 1 is 1.24 bits per heavy atom. The molecule has 0 aliphatic carbocycles. The number of amides is 1. The number of anilines is 1. The second kappa shape index (κ2) is 9.33. The van der Waals surface area contributed by atoms with Crippen molar-refractivity contribution in [1.29, 1.82) is 0 Å². The molecule has 1 aliphatic heterocycles. The fourth-order valence-corrected chi connectivity index (χ4v) is 5.83. The number of carbonyl (C=O) groups excluding carboxylic acids is 1. The number of hydrogen-bond acceptors (Lipinski definition) is 7. The monoisotopic (exact) mass is 490 g/mol. The zero-order chi connectivity index (χ0) is 23.6. The third-order valence-corrected chi connectivity index (χ3v) is 7.93. The molecule has 1 atom stereocenters. The Balaban J connectivity index is 1.44. The maximum Gasteiger partial charge on any atom is 0.270 e. The van der Waals surface area contributed by atoms with Crippen molar-refractivity contribution in [3.63, 3.8) is 0 Å². The first-order valence-electron chi connectivity index (χ1n) is 10.0. The molecule has 33 heavy (non-hydrogen) atoms. The largest absolute Gasteiger partial charge is 0.302 e. The summed E-state index contributed by atoms with van der Waals surface area (Å²) in [4.78, 5) is 27.6. The number of benzene rings is 2. The molecule has 1 amide bonds. The van der Waals surface area contributed by atoms with Crippen molar-refractivity contribution in [3.8, 4) is 11.3 Å². The van der Waals surface area contributed by atoms with Crippen LogP contribution in [0.5, 0.6) is 0 Å². The Morgan fingerprint density at radius 2 is 2.00 bits per heavy atom. The number of nitrogens with one attached hydrogen (secondary N) is 1. The molecule has 172 valence electrons. The zero-order valence-electron chi connectivity index (χ0n) is 17.2. The van der Waals surface area contributed by atoms with Crippen molar-refractivity contribution in [1.82, 2.24) is 9.29 Å². The number of non-ortho nitro benzene ring substituents is 1. The van der Waals surface area contributed by atoms with E-state index in [1.54, 1.807) is 17.5 Å². The Hall–Kier alpha value is -3.22. The lowest BCUT2D eigenvalue weighted by atomic mass is 9.99. The van der Waals surface area contributed by atoms with Crippen molar-refractivity contribution in [3.05, 3.63) is 69.8 Å². The van der Waals surface area contributed by atoms with Gasteiger partial charge < -0.3 is 5.32 Å². The van der Waals surface area contributed by atoms with Gasteiger partial charge in [0.15, 0.2) is 5.13 Å². The van der Waals surface area contributed by atoms with Gasteiger partial charge >= 0.3 is 0 Å². The van der Waals surface area contributed by atoms with Crippen LogP contribution in [0.25, 0.3) is 11.3 Å². The van der Waals surface area contributed by atoms with Gasteiger partial charge in [-0.3, -0.25) is 14.9 Å². The number of thiazole rings is 1. The second-order valence-corrected chi connectivity index (χ2v) is 10.3. The number of halogens is 1. The predicted octanol–water partition coefficient (Wildman–Crippen LogP) is 3.90. The molecule has 12 heteroatoms. The number of aromatic nitrogens is 1. The molecule has 1 unspecified atom stereocenters. The Bertz CT molecular complexity index is 1290. The molecule has 1 N–H and O–H groups in total. The van der Waals surface area contributed by atoms with Gasteiger partial charge in [-0.2, -0.15) is 4.31 Å². The van der Waals surface area contributed by atoms with Crippen LogP contribution in [0, 0.1) is 21.8 Å². The summed E-state index contributed by atoms with van der Waals surface area (Å²) in [5, 5.41) is 15.7. The van der Waals surface area contributed by atoms with Crippen LogP contribution in [0.4, 0.5) is 15.2 Å². The summed E-state index contributed by atoms with van der Waals surface area (Å²) >= 11 is 1.18. The van der Waals surface area contributed by atoms with E-state index in [9.17, 15) is 27.7 Å². The molecule has 1 fully saturated rings. The molecular weight excluding hydrogens is 471 g/mol. The van der Waals surface area contributed by atoms with Crippen LogP contribution in [0.3, 0.4) is 0 Å². The number of piperidine rings is 1. The number of nitrogens with zero attached hydrogens (tertiary/aromatic N) is 3. The maximum atomic E-state index is 13.2. The summed E-state index contributed by atoms with van der Waals surface area (Å²) in [6, 6.07) is 10.6. The van der Waals surface area contributed by atoms with Crippen LogP contribution in [-0.2, 0) is 14.8 Å². The summed E-state index contributed by atoms with van der Waals surface area (Å²) in [7, 11) is -3.84. The summed E-state index contributed by atoms with van der Waals surface area (Å²) < 4.78 is 40.1. The molecule has 0 radical (unpaired) electrons. The molecule has 0 saturated carbocycles. The molecular formula is C21H19FN4O5S2. The summed E-state index contributed by atoms with van der Waals surface area (Å²) in [5.74, 6) is -1.45. The van der Waals surface area contributed by atoms with E-state index in [1.165, 1.54) is 39.9 Å². The molecule has 2 aromatic carbocycles. The second-order valence-electron chi connectivity index (χ2n) is 7.49. The van der Waals surface area contributed by atoms with Gasteiger partial charge in [0, 0.05) is 36.2 Å². The minimum absolute atomic E-state index is 0.00859. The third-order valence-electron chi connectivity index (χ3n) is 5.29. The Kier molecular flexibility index (Phi) is 6.49. The third kappa shape index (κ3) is 5.07. The van der Waals surface area contributed by atoms with Crippen molar-refractivity contribution in [2.75, 3.05) is 18.4 Å². The van der Waals surface area contributed by atoms with Crippen molar-refractivity contribution in [2.45, 2.75) is 17.7 Å². The lowest BCUT2D eigenvalue weighted by Crippen LogP contribution is -2.43. The van der Waals surface area contributed by atoms with E-state index in [0.29, 0.717) is 29.2 Å². The lowest BCUT2D eigenvalue weighted by Gasteiger charge is -2.31. The molecule has 1 aromatic heterocycles. The SMILES string of the molecule is O=C(Nc1nc(-c2cccc([N+](=O)[O-])c2)cs1)C1CCCN(S(=O)(=O)c2ccc(F)cc2)C1. The van der Waals surface area contributed by atoms with E-state index in [4.69, 9.17) is 0 Å². The number of sulfonamides is 1. The smallest absolute Gasteiger partial charge is 0.270 e. The minimum atomic E-state index is -3.84. The quantitative estimate of drug-likeness (QED) is 0.413. The van der Waals surface area contributed by atoms with Gasteiger partial charge in [0.05, 0.1) is 21.4 Å². The normalized spacial score (nSPS) is 16.9. The fraction of sp³-hybridized carbons (Fsp3) is 0.238. The van der Waals surface area contributed by atoms with Crippen molar-refractivity contribution in [2.24, 2.45) is 5.92 Å². The predicted molar refractivity (Wildman–Crippen MR) is 121 cm³/mol. The molecule has 3 aromatic rings. The minimum Gasteiger partial charge on any atom is -0.302 e. The van der Waals surface area contributed by atoms with Crippen molar-refractivity contribution < 1.29 is 22.5 Å². The highest BCUT2D eigenvalue weighted by Gasteiger charge is 2.33. The van der Waals surface area contributed by atoms with E-state index in [1.807, 2.05) is 0 Å². The summed E-state index contributed by atoms with van der Waals surface area (Å²) in [6.07, 6.45) is 1.03. The molecule has 2 heterocycles. The first kappa shape index (κ1) is 23.0. The number of rotatable bonds is 6. The van der Waals surface area contributed by atoms with E-state index in [-0.39, 0.29) is 29.6 Å². The molecule has 9 nitrogen and oxygen atoms in total. The standard InChI is InChI=1S/C21H19FN4O5S2/c22-16-6-8-18(9-7-16)33(30,31)25-10-2-4-15(12-25)20(27)24-21-23-19(13-32-21)14-3-1-5-17(11-14)26(28)29/h1,3,5-9,11,13,15H,2,4,10,12H2,(H,23,24,27). The van der Waals surface area contributed by atoms with E-state index in [2.05, 4.69) is 10.3 Å². The van der Waals surface area contributed by atoms with Crippen LogP contribution >= 0.6 is 11.3 Å². The number of nitro groups is 1. The molecule has 1 saturated heterocycles. The van der Waals surface area contributed by atoms with E-state index < -0.39 is 26.7 Å². The van der Waals surface area contributed by atoms with Gasteiger partial charge in [-0.15, -0.1) is 11.3 Å². The van der Waals surface area contributed by atoms with Gasteiger partial charge in [0.25, 0.3) is 5.69 Å². The first-order chi connectivity index (χ1) is 15.7. The van der Waals surface area contributed by atoms with Crippen LogP contribution in [0.15, 0.2) is 58.8 Å². The van der Waals surface area contributed by atoms with Crippen LogP contribution in [-0.4, -0.2) is 41.6 Å². The Labute approximate surface area is 193 Å². The molecule has 1 aliphatic rings. The summed E-state index contributed by atoms with van der Waals surface area (Å²) in [6.45, 7) is 0.284. The van der Waals surface area contributed by atoms with Gasteiger partial charge in [0.1, 0.15) is 5.82 Å². The van der Waals surface area contributed by atoms with Crippen molar-refractivity contribution >= 4 is 38.1 Å². The first-order valence-corrected chi connectivity index (χ1v) is 12.3. The number of hydrogen-bond donors (Lipinski definition) is 1. The fourth-order valence-electron chi connectivity index (χ4n) is 3.58. The average molecular weight is 491 g/mol. The highest BCUT2D eigenvalue weighted by atomic mass is 32.2. The zero-order valence-corrected chi connectivity index (χ0v) is 18.8. The topological polar surface area (TPSA) is 123 Å². The van der Waals surface area contributed by atoms with Crippen LogP contribution in [0.2, 0.25) is 0 Å². The van der Waals surface area contributed by atoms with Crippen LogP contribution < -0.4 is 5.32 Å². The molecule has 4 rings (SSSR count). The molecule has 0 spiro atoms. The number of carbonyl (C=O) groups is 1. The highest BCUT2D eigenvalue weighted by Crippen LogP contribution is 2.29. The Morgan fingerprint density at radius 3 is 2.73 bits per heavy atom. The molecule has 0 bridgehead atoms. The number of nitro benzene ring substituents is 1. The average Bonchev–Trinajstić information content (AvgIpc) is 3.28. The maximum absolute atomic E-state index is 13.2. The van der Waals surface area contributed by atoms with E-state index >= 15 is 0 Å². The highest BCUT2D eigenvalue weighted by molar-refractivity contribution is 7.89. The van der Waals surface area contributed by atoms with Crippen LogP contribution in [0.1, 0.15) is 12.8 Å². The van der Waals surface area contributed by atoms with E-state index in [0.717, 1.165) is 12.1 Å². The van der Waals surface area contributed by atoms with Gasteiger partial charge in [-0.25, -0.2) is 17.8 Å². The van der Waals surface area contributed by atoms with Gasteiger partial charge in [0.2, 0.25) is 15.9 Å².